The lowest BCUT2D eigenvalue weighted by Gasteiger charge is -2.21. The number of allylic oxidation sites excluding steroid dienone is 18. The zero-order chi connectivity index (χ0) is 55.0. The maximum absolute atomic E-state index is 12.9. The summed E-state index contributed by atoms with van der Waals surface area (Å²) in [5, 5.41) is 30.7. The number of carbonyl (C=O) groups is 2. The molecule has 7 N–H and O–H groups in total. The number of nitrogen functional groups attached to an aromatic ring is 1. The molecule has 0 saturated carbocycles. The van der Waals surface area contributed by atoms with E-state index in [0.29, 0.717) is 38.5 Å². The molecule has 1 aromatic rings. The van der Waals surface area contributed by atoms with Crippen LogP contribution in [0.4, 0.5) is 5.82 Å². The Kier molecular flexibility index (Phi) is 35.7. The van der Waals surface area contributed by atoms with Crippen molar-refractivity contribution in [2.24, 2.45) is 0 Å². The number of phosphoric acid groups is 2. The van der Waals surface area contributed by atoms with E-state index in [-0.39, 0.29) is 18.7 Å². The fourth-order valence-electron chi connectivity index (χ4n) is 6.64. The van der Waals surface area contributed by atoms with Crippen LogP contribution in [0.1, 0.15) is 129 Å². The second-order valence-corrected chi connectivity index (χ2v) is 20.2. The Morgan fingerprint density at radius 1 is 0.720 bits per heavy atom. The summed E-state index contributed by atoms with van der Waals surface area (Å²) >= 11 is 0. The van der Waals surface area contributed by atoms with E-state index in [1.165, 1.54) is 25.3 Å². The lowest BCUT2D eigenvalue weighted by atomic mass is 10.1. The normalized spacial score (nSPS) is 20.2. The van der Waals surface area contributed by atoms with Gasteiger partial charge in [0.1, 0.15) is 30.7 Å². The summed E-state index contributed by atoms with van der Waals surface area (Å²) in [6, 6.07) is 1.23. The third kappa shape index (κ3) is 33.0. The van der Waals surface area contributed by atoms with E-state index < -0.39 is 89.8 Å². The molecule has 1 aliphatic heterocycles. The molecule has 1 aliphatic rings. The Bertz CT molecular complexity index is 2250. The first kappa shape index (κ1) is 66.2. The number of anilines is 1. The Morgan fingerprint density at radius 3 is 1.88 bits per heavy atom. The van der Waals surface area contributed by atoms with Crippen LogP contribution in [0.3, 0.4) is 0 Å². The van der Waals surface area contributed by atoms with Crippen molar-refractivity contribution in [2.75, 3.05) is 25.6 Å². The van der Waals surface area contributed by atoms with Gasteiger partial charge in [0.15, 0.2) is 12.3 Å². The second kappa shape index (κ2) is 40.4. The average molecular weight is 1090 g/mol. The number of hydrogen-bond acceptors (Lipinski definition) is 16. The van der Waals surface area contributed by atoms with Crippen LogP contribution in [-0.4, -0.2) is 96.9 Å². The number of ether oxygens (including phenoxy) is 3. The van der Waals surface area contributed by atoms with Crippen molar-refractivity contribution < 1.29 is 71.4 Å². The molecule has 19 nitrogen and oxygen atoms in total. The summed E-state index contributed by atoms with van der Waals surface area (Å²) in [5.74, 6) is -1.51. The molecule has 2 rings (SSSR count). The van der Waals surface area contributed by atoms with Gasteiger partial charge in [0.2, 0.25) is 0 Å². The van der Waals surface area contributed by atoms with Gasteiger partial charge in [0.25, 0.3) is 0 Å². The maximum atomic E-state index is 12.9. The molecule has 418 valence electrons. The first-order valence-electron chi connectivity index (χ1n) is 25.7. The predicted molar refractivity (Wildman–Crippen MR) is 290 cm³/mol. The predicted octanol–water partition coefficient (Wildman–Crippen LogP) is 9.74. The number of rotatable bonds is 40. The molecule has 1 aromatic heterocycles. The van der Waals surface area contributed by atoms with Gasteiger partial charge < -0.3 is 45.1 Å². The van der Waals surface area contributed by atoms with E-state index in [0.717, 1.165) is 49.3 Å². The Balaban J connectivity index is 1.87. The SMILES string of the molecule is CC/C=C\C(O)C/C=C/C=C\C/C=C\C/C=C\CCCC(=O)O[C@H](COC(=O)CC/C=C\C/C=C\C/C=C\C/C=C\C/C=C\CCCCC)COP(=O)(O)OP(=O)(O)OC[C@H]1O[C@@H](n2ccc(N)nc2=O)[C@H](O)[C@@H]1O. The number of esters is 2. The van der Waals surface area contributed by atoms with E-state index in [9.17, 15) is 48.6 Å². The fraction of sp³-hybridized carbons (Fsp3) is 0.519. The number of aromatic nitrogens is 2. The highest BCUT2D eigenvalue weighted by Gasteiger charge is 2.46. The molecule has 0 radical (unpaired) electrons. The zero-order valence-electron chi connectivity index (χ0n) is 43.4. The molecule has 0 amide bonds. The van der Waals surface area contributed by atoms with Crippen molar-refractivity contribution in [2.45, 2.75) is 160 Å². The Morgan fingerprint density at radius 2 is 1.28 bits per heavy atom. The van der Waals surface area contributed by atoms with Gasteiger partial charge in [-0.25, -0.2) is 13.9 Å². The second-order valence-electron chi connectivity index (χ2n) is 17.1. The van der Waals surface area contributed by atoms with E-state index in [1.807, 2.05) is 79.8 Å². The first-order chi connectivity index (χ1) is 36.1. The van der Waals surface area contributed by atoms with Crippen molar-refractivity contribution in [1.82, 2.24) is 9.55 Å². The highest BCUT2D eigenvalue weighted by molar-refractivity contribution is 7.61. The number of nitrogens with zero attached hydrogens (tertiary/aromatic N) is 2. The maximum Gasteiger partial charge on any atom is 0.481 e. The molecule has 0 spiro atoms. The van der Waals surface area contributed by atoms with Crippen molar-refractivity contribution in [3.05, 3.63) is 144 Å². The molecule has 0 aromatic carbocycles. The van der Waals surface area contributed by atoms with Crippen LogP contribution in [-0.2, 0) is 46.3 Å². The zero-order valence-corrected chi connectivity index (χ0v) is 45.2. The van der Waals surface area contributed by atoms with Crippen LogP contribution in [0.5, 0.6) is 0 Å². The molecule has 75 heavy (non-hydrogen) atoms. The molecular formula is C54H81N3O16P2. The third-order valence-corrected chi connectivity index (χ3v) is 13.2. The number of carbonyl (C=O) groups excluding carboxylic acids is 2. The largest absolute Gasteiger partial charge is 0.481 e. The minimum absolute atomic E-state index is 0.0250. The van der Waals surface area contributed by atoms with Crippen molar-refractivity contribution in [3.63, 3.8) is 0 Å². The van der Waals surface area contributed by atoms with Crippen molar-refractivity contribution in [3.8, 4) is 0 Å². The minimum Gasteiger partial charge on any atom is -0.462 e. The molecule has 0 aliphatic carbocycles. The molecule has 3 unspecified atom stereocenters. The first-order valence-corrected chi connectivity index (χ1v) is 28.6. The van der Waals surface area contributed by atoms with Gasteiger partial charge >= 0.3 is 33.3 Å². The number of unbranched alkanes of at least 4 members (excludes halogenated alkanes) is 4. The van der Waals surface area contributed by atoms with Gasteiger partial charge in [-0.2, -0.15) is 9.29 Å². The van der Waals surface area contributed by atoms with E-state index in [4.69, 9.17) is 29.0 Å². The summed E-state index contributed by atoms with van der Waals surface area (Å²) in [5.41, 5.74) is 4.57. The van der Waals surface area contributed by atoms with Crippen molar-refractivity contribution in [1.29, 1.82) is 0 Å². The summed E-state index contributed by atoms with van der Waals surface area (Å²) in [7, 11) is -10.9. The van der Waals surface area contributed by atoms with E-state index in [2.05, 4.69) is 58.8 Å². The quantitative estimate of drug-likeness (QED) is 0.0117. The van der Waals surface area contributed by atoms with Gasteiger partial charge in [0.05, 0.1) is 19.3 Å². The number of hydrogen-bond donors (Lipinski definition) is 6. The number of aliphatic hydroxyl groups excluding tert-OH is 3. The minimum atomic E-state index is -5.47. The van der Waals surface area contributed by atoms with Gasteiger partial charge in [-0.3, -0.25) is 23.2 Å². The van der Waals surface area contributed by atoms with Crippen LogP contribution < -0.4 is 11.4 Å². The van der Waals surface area contributed by atoms with Crippen LogP contribution in [0.2, 0.25) is 0 Å². The fourth-order valence-corrected chi connectivity index (χ4v) is 8.75. The molecule has 1 saturated heterocycles. The van der Waals surface area contributed by atoms with Crippen LogP contribution in [0, 0.1) is 0 Å². The lowest BCUT2D eigenvalue weighted by Crippen LogP contribution is -2.36. The van der Waals surface area contributed by atoms with Gasteiger partial charge in [-0.1, -0.05) is 148 Å². The third-order valence-electron chi connectivity index (χ3n) is 10.6. The molecular weight excluding hydrogens is 1010 g/mol. The monoisotopic (exact) mass is 1090 g/mol. The topological polar surface area (TPSA) is 286 Å². The van der Waals surface area contributed by atoms with E-state index in [1.54, 1.807) is 6.08 Å². The van der Waals surface area contributed by atoms with Gasteiger partial charge in [-0.15, -0.1) is 0 Å². The summed E-state index contributed by atoms with van der Waals surface area (Å²) in [6.07, 6.45) is 45.0. The molecule has 21 heteroatoms. The Labute approximate surface area is 442 Å². The van der Waals surface area contributed by atoms with Gasteiger partial charge in [0, 0.05) is 19.0 Å². The van der Waals surface area contributed by atoms with Gasteiger partial charge in [-0.05, 0) is 89.5 Å². The summed E-state index contributed by atoms with van der Waals surface area (Å²) < 4.78 is 56.6. The highest BCUT2D eigenvalue weighted by atomic mass is 31.3. The molecule has 1 fully saturated rings. The van der Waals surface area contributed by atoms with Crippen molar-refractivity contribution >= 4 is 33.4 Å². The highest BCUT2D eigenvalue weighted by Crippen LogP contribution is 2.60. The van der Waals surface area contributed by atoms with Crippen LogP contribution >= 0.6 is 15.6 Å². The lowest BCUT2D eigenvalue weighted by molar-refractivity contribution is -0.161. The summed E-state index contributed by atoms with van der Waals surface area (Å²) in [6.45, 7) is 1.74. The molecule has 2 heterocycles. The standard InChI is InChI=1S/C54H81N3O16P2/c1-3-5-7-8-9-10-11-12-13-14-15-16-17-18-22-25-28-31-34-38-49(59)68-42-46(71-50(60)39-35-32-29-26-23-20-19-21-24-27-30-33-37-45(58)36-6-4-2)43-69-74(64,65)73-75(66,67)70-44-47-51(61)52(62)53(72-47)57-41-40-48(55)56-54(57)63/h6,9-10,12-13,15-16,18-20,22,24,26-31,33,36,40-41,45-47,51-53,58,61-62H,3-5,7-8,11,14,17,21,23,25,32,34-35,37-39,42-44H2,1-2H3,(H,64,65)(H,66,67)(H2,55,56,63)/b10-9-,13-12-,16-15-,20-19-,22-18-,27-24-,29-26-,31-28-,33-30+,36-6-/t45?,46-,47-,51-,52-,53-/m1/s1. The molecule has 8 atom stereocenters. The molecule has 0 bridgehead atoms. The van der Waals surface area contributed by atoms with Crippen LogP contribution in [0.25, 0.3) is 0 Å². The van der Waals surface area contributed by atoms with Crippen LogP contribution in [0.15, 0.2) is 139 Å². The van der Waals surface area contributed by atoms with E-state index >= 15 is 0 Å². The average Bonchev–Trinajstić information content (AvgIpc) is 3.65. The smallest absolute Gasteiger partial charge is 0.462 e. The number of phosphoric ester groups is 2. The number of nitrogens with two attached hydrogens (primary N) is 1. The Hall–Kier alpha value is -4.88. The summed E-state index contributed by atoms with van der Waals surface area (Å²) in [4.78, 5) is 61.9. The number of aliphatic hydroxyl groups is 3.